The number of furan rings is 1. The standard InChI is InChI=1S/C10H11BrN2O4/c11-7-1-6-17-8(7)9(14)12-2-4-13(5-3-12)10(15)16/h1,6H,2-5H2,(H,15,16). The molecule has 1 aromatic rings. The van der Waals surface area contributed by atoms with Crippen LogP contribution in [-0.4, -0.2) is 53.1 Å². The van der Waals surface area contributed by atoms with Crippen molar-refractivity contribution in [3.63, 3.8) is 0 Å². The number of nitrogens with zero attached hydrogens (tertiary/aromatic N) is 2. The van der Waals surface area contributed by atoms with E-state index in [9.17, 15) is 9.59 Å². The molecular weight excluding hydrogens is 292 g/mol. The van der Waals surface area contributed by atoms with Crippen molar-refractivity contribution in [1.29, 1.82) is 0 Å². The second kappa shape index (κ2) is 4.79. The van der Waals surface area contributed by atoms with E-state index in [4.69, 9.17) is 9.52 Å². The van der Waals surface area contributed by atoms with Crippen LogP contribution in [0.5, 0.6) is 0 Å². The molecule has 2 amide bonds. The van der Waals surface area contributed by atoms with E-state index >= 15 is 0 Å². The molecule has 0 unspecified atom stereocenters. The predicted molar refractivity (Wildman–Crippen MR) is 61.9 cm³/mol. The zero-order valence-corrected chi connectivity index (χ0v) is 10.5. The van der Waals surface area contributed by atoms with Gasteiger partial charge in [-0.1, -0.05) is 0 Å². The summed E-state index contributed by atoms with van der Waals surface area (Å²) in [5.74, 6) is 0.0423. The minimum Gasteiger partial charge on any atom is -0.465 e. The predicted octanol–water partition coefficient (Wildman–Crippen LogP) is 1.48. The number of carbonyl (C=O) groups excluding carboxylic acids is 1. The SMILES string of the molecule is O=C(O)N1CCN(C(=O)c2occc2Br)CC1. The van der Waals surface area contributed by atoms with Crippen molar-refractivity contribution in [2.45, 2.75) is 0 Å². The smallest absolute Gasteiger partial charge is 0.407 e. The van der Waals surface area contributed by atoms with Crippen LogP contribution in [0.1, 0.15) is 10.6 Å². The van der Waals surface area contributed by atoms with Crippen LogP contribution in [-0.2, 0) is 0 Å². The summed E-state index contributed by atoms with van der Waals surface area (Å²) < 4.78 is 5.70. The zero-order chi connectivity index (χ0) is 12.4. The van der Waals surface area contributed by atoms with E-state index in [2.05, 4.69) is 15.9 Å². The fourth-order valence-corrected chi connectivity index (χ4v) is 2.06. The van der Waals surface area contributed by atoms with Crippen LogP contribution in [0.4, 0.5) is 4.79 Å². The van der Waals surface area contributed by atoms with E-state index in [0.29, 0.717) is 30.7 Å². The molecule has 92 valence electrons. The van der Waals surface area contributed by atoms with Crippen molar-refractivity contribution in [2.75, 3.05) is 26.2 Å². The van der Waals surface area contributed by atoms with Crippen molar-refractivity contribution in [2.24, 2.45) is 0 Å². The summed E-state index contributed by atoms with van der Waals surface area (Å²) in [7, 11) is 0. The second-order valence-corrected chi connectivity index (χ2v) is 4.51. The Balaban J connectivity index is 2.00. The maximum absolute atomic E-state index is 12.0. The molecule has 0 aromatic carbocycles. The molecule has 1 fully saturated rings. The Morgan fingerprint density at radius 2 is 1.82 bits per heavy atom. The summed E-state index contributed by atoms with van der Waals surface area (Å²) in [6, 6.07) is 1.65. The quantitative estimate of drug-likeness (QED) is 0.853. The van der Waals surface area contributed by atoms with Crippen LogP contribution in [0.25, 0.3) is 0 Å². The van der Waals surface area contributed by atoms with Gasteiger partial charge in [0.05, 0.1) is 10.7 Å². The maximum atomic E-state index is 12.0. The Hall–Kier alpha value is -1.50. The number of piperazine rings is 1. The first-order valence-corrected chi connectivity index (χ1v) is 5.89. The Labute approximate surface area is 106 Å². The molecule has 0 spiro atoms. The van der Waals surface area contributed by atoms with Crippen molar-refractivity contribution in [3.05, 3.63) is 22.6 Å². The number of rotatable bonds is 1. The van der Waals surface area contributed by atoms with Gasteiger partial charge in [-0.15, -0.1) is 0 Å². The van der Waals surface area contributed by atoms with Gasteiger partial charge in [0.1, 0.15) is 0 Å². The molecule has 0 bridgehead atoms. The Morgan fingerprint density at radius 3 is 2.29 bits per heavy atom. The summed E-state index contributed by atoms with van der Waals surface area (Å²) in [5.41, 5.74) is 0. The molecule has 0 aliphatic carbocycles. The molecule has 1 N–H and O–H groups in total. The van der Waals surface area contributed by atoms with Gasteiger partial charge in [0.2, 0.25) is 5.76 Å². The lowest BCUT2D eigenvalue weighted by Crippen LogP contribution is -2.50. The van der Waals surface area contributed by atoms with Gasteiger partial charge in [-0.05, 0) is 22.0 Å². The maximum Gasteiger partial charge on any atom is 0.407 e. The van der Waals surface area contributed by atoms with E-state index < -0.39 is 6.09 Å². The topological polar surface area (TPSA) is 74.0 Å². The first-order chi connectivity index (χ1) is 8.09. The average Bonchev–Trinajstić information content (AvgIpc) is 2.74. The molecule has 7 heteroatoms. The largest absolute Gasteiger partial charge is 0.465 e. The minimum absolute atomic E-state index is 0.216. The summed E-state index contributed by atoms with van der Waals surface area (Å²) in [6.07, 6.45) is 0.487. The Bertz CT molecular complexity index is 437. The monoisotopic (exact) mass is 302 g/mol. The zero-order valence-electron chi connectivity index (χ0n) is 8.93. The van der Waals surface area contributed by atoms with Crippen molar-refractivity contribution in [3.8, 4) is 0 Å². The second-order valence-electron chi connectivity index (χ2n) is 3.66. The minimum atomic E-state index is -0.948. The normalized spacial score (nSPS) is 16.1. The molecule has 1 saturated heterocycles. The molecule has 0 radical (unpaired) electrons. The molecule has 1 aliphatic heterocycles. The van der Waals surface area contributed by atoms with Crippen LogP contribution in [0.2, 0.25) is 0 Å². The third-order valence-electron chi connectivity index (χ3n) is 2.65. The van der Waals surface area contributed by atoms with E-state index in [1.807, 2.05) is 0 Å². The first kappa shape index (κ1) is 12.0. The highest BCUT2D eigenvalue weighted by atomic mass is 79.9. The van der Waals surface area contributed by atoms with Crippen molar-refractivity contribution >= 4 is 27.9 Å². The first-order valence-electron chi connectivity index (χ1n) is 5.09. The molecular formula is C10H11BrN2O4. The van der Waals surface area contributed by atoms with Crippen LogP contribution in [0.3, 0.4) is 0 Å². The molecule has 17 heavy (non-hydrogen) atoms. The lowest BCUT2D eigenvalue weighted by Gasteiger charge is -2.32. The highest BCUT2D eigenvalue weighted by molar-refractivity contribution is 9.10. The van der Waals surface area contributed by atoms with Crippen LogP contribution >= 0.6 is 15.9 Å². The molecule has 2 heterocycles. The van der Waals surface area contributed by atoms with E-state index in [-0.39, 0.29) is 11.7 Å². The lowest BCUT2D eigenvalue weighted by molar-refractivity contribution is 0.0595. The summed E-state index contributed by atoms with van der Waals surface area (Å²) >= 11 is 3.22. The Morgan fingerprint density at radius 1 is 1.24 bits per heavy atom. The summed E-state index contributed by atoms with van der Waals surface area (Å²) in [5, 5.41) is 8.79. The van der Waals surface area contributed by atoms with Crippen LogP contribution in [0.15, 0.2) is 21.2 Å². The van der Waals surface area contributed by atoms with E-state index in [1.54, 1.807) is 11.0 Å². The molecule has 6 nitrogen and oxygen atoms in total. The van der Waals surface area contributed by atoms with Gasteiger partial charge in [-0.3, -0.25) is 4.79 Å². The number of carboxylic acid groups (broad SMARTS) is 1. The molecule has 0 saturated carbocycles. The Kier molecular flexibility index (Phi) is 3.37. The van der Waals surface area contributed by atoms with Gasteiger partial charge in [0.25, 0.3) is 5.91 Å². The number of carbonyl (C=O) groups is 2. The van der Waals surface area contributed by atoms with Gasteiger partial charge >= 0.3 is 6.09 Å². The average molecular weight is 303 g/mol. The lowest BCUT2D eigenvalue weighted by atomic mass is 10.3. The highest BCUT2D eigenvalue weighted by Crippen LogP contribution is 2.20. The third-order valence-corrected chi connectivity index (χ3v) is 3.27. The fraction of sp³-hybridized carbons (Fsp3) is 0.400. The number of amides is 2. The van der Waals surface area contributed by atoms with Gasteiger partial charge in [-0.2, -0.15) is 0 Å². The van der Waals surface area contributed by atoms with Gasteiger partial charge in [0, 0.05) is 26.2 Å². The van der Waals surface area contributed by atoms with Gasteiger partial charge < -0.3 is 19.3 Å². The molecule has 0 atom stereocenters. The van der Waals surface area contributed by atoms with Crippen molar-refractivity contribution in [1.82, 2.24) is 9.80 Å². The van der Waals surface area contributed by atoms with Crippen LogP contribution < -0.4 is 0 Å². The molecule has 1 aromatic heterocycles. The third kappa shape index (κ3) is 2.44. The summed E-state index contributed by atoms with van der Waals surface area (Å²) in [6.45, 7) is 1.44. The summed E-state index contributed by atoms with van der Waals surface area (Å²) in [4.78, 5) is 25.6. The number of hydrogen-bond acceptors (Lipinski definition) is 3. The van der Waals surface area contributed by atoms with E-state index in [0.717, 1.165) is 0 Å². The number of halogens is 1. The van der Waals surface area contributed by atoms with Gasteiger partial charge in [0.15, 0.2) is 0 Å². The van der Waals surface area contributed by atoms with Crippen molar-refractivity contribution < 1.29 is 19.1 Å². The molecule has 2 rings (SSSR count). The fourth-order valence-electron chi connectivity index (χ4n) is 1.69. The highest BCUT2D eigenvalue weighted by Gasteiger charge is 2.26. The van der Waals surface area contributed by atoms with E-state index in [1.165, 1.54) is 11.2 Å². The number of hydrogen-bond donors (Lipinski definition) is 1. The molecule has 1 aliphatic rings. The van der Waals surface area contributed by atoms with Gasteiger partial charge in [-0.25, -0.2) is 4.79 Å². The van der Waals surface area contributed by atoms with Crippen LogP contribution in [0, 0.1) is 0 Å².